The van der Waals surface area contributed by atoms with Gasteiger partial charge in [-0.1, -0.05) is 0 Å². The molecule has 2 aliphatic rings. The minimum absolute atomic E-state index is 0.0968. The SMILES string of the molecule is CCOC(=O)C(C#N)=CC1=C(N2CCOCC2)CCCC1. The van der Waals surface area contributed by atoms with Crippen LogP contribution in [0.3, 0.4) is 0 Å². The van der Waals surface area contributed by atoms with Crippen molar-refractivity contribution in [2.45, 2.75) is 32.6 Å². The van der Waals surface area contributed by atoms with E-state index in [2.05, 4.69) is 4.90 Å². The molecule has 5 nitrogen and oxygen atoms in total. The minimum Gasteiger partial charge on any atom is -0.462 e. The fraction of sp³-hybridized carbons (Fsp3) is 0.625. The Morgan fingerprint density at radius 2 is 2.10 bits per heavy atom. The number of nitriles is 1. The molecule has 0 amide bonds. The third kappa shape index (κ3) is 4.08. The second kappa shape index (κ2) is 7.84. The highest BCUT2D eigenvalue weighted by atomic mass is 16.5. The molecule has 1 aliphatic heterocycles. The number of carbonyl (C=O) groups is 1. The summed E-state index contributed by atoms with van der Waals surface area (Å²) in [5.74, 6) is -0.528. The molecule has 0 aromatic heterocycles. The molecule has 0 spiro atoms. The summed E-state index contributed by atoms with van der Waals surface area (Å²) in [5.41, 5.74) is 2.47. The van der Waals surface area contributed by atoms with Crippen molar-refractivity contribution >= 4 is 5.97 Å². The number of nitrogens with zero attached hydrogens (tertiary/aromatic N) is 2. The average Bonchev–Trinajstić information content (AvgIpc) is 2.54. The largest absolute Gasteiger partial charge is 0.462 e. The van der Waals surface area contributed by atoms with E-state index in [4.69, 9.17) is 9.47 Å². The molecule has 0 radical (unpaired) electrons. The molecule has 1 saturated heterocycles. The number of carbonyl (C=O) groups excluding carboxylic acids is 1. The first kappa shape index (κ1) is 15.6. The topological polar surface area (TPSA) is 62.6 Å². The maximum Gasteiger partial charge on any atom is 0.348 e. The van der Waals surface area contributed by atoms with Crippen LogP contribution in [-0.4, -0.2) is 43.8 Å². The highest BCUT2D eigenvalue weighted by Gasteiger charge is 2.21. The number of hydrogen-bond acceptors (Lipinski definition) is 5. The molecule has 1 fully saturated rings. The highest BCUT2D eigenvalue weighted by Crippen LogP contribution is 2.29. The number of hydrogen-bond donors (Lipinski definition) is 0. The monoisotopic (exact) mass is 290 g/mol. The van der Waals surface area contributed by atoms with Crippen LogP contribution in [0, 0.1) is 11.3 Å². The van der Waals surface area contributed by atoms with Gasteiger partial charge in [-0.25, -0.2) is 4.79 Å². The second-order valence-electron chi connectivity index (χ2n) is 5.17. The van der Waals surface area contributed by atoms with Gasteiger partial charge in [0, 0.05) is 18.8 Å². The van der Waals surface area contributed by atoms with Crippen molar-refractivity contribution in [3.63, 3.8) is 0 Å². The van der Waals surface area contributed by atoms with Gasteiger partial charge in [-0.3, -0.25) is 0 Å². The van der Waals surface area contributed by atoms with Crippen molar-refractivity contribution in [2.24, 2.45) is 0 Å². The van der Waals surface area contributed by atoms with Gasteiger partial charge in [-0.15, -0.1) is 0 Å². The fourth-order valence-corrected chi connectivity index (χ4v) is 2.78. The van der Waals surface area contributed by atoms with Crippen LogP contribution < -0.4 is 0 Å². The molecule has 21 heavy (non-hydrogen) atoms. The van der Waals surface area contributed by atoms with Crippen molar-refractivity contribution in [1.29, 1.82) is 5.26 Å². The van der Waals surface area contributed by atoms with E-state index >= 15 is 0 Å². The first-order valence-electron chi connectivity index (χ1n) is 7.60. The van der Waals surface area contributed by atoms with Crippen LogP contribution in [0.1, 0.15) is 32.6 Å². The number of morpholine rings is 1. The molecule has 1 aliphatic carbocycles. The predicted molar refractivity (Wildman–Crippen MR) is 78.2 cm³/mol. The van der Waals surface area contributed by atoms with Gasteiger partial charge in [0.25, 0.3) is 0 Å². The molecular formula is C16H22N2O3. The quantitative estimate of drug-likeness (QED) is 0.451. The third-order valence-electron chi connectivity index (χ3n) is 3.81. The Bertz CT molecular complexity index is 482. The van der Waals surface area contributed by atoms with Crippen LogP contribution in [0.15, 0.2) is 22.9 Å². The van der Waals surface area contributed by atoms with Gasteiger partial charge < -0.3 is 14.4 Å². The molecular weight excluding hydrogens is 268 g/mol. The van der Waals surface area contributed by atoms with E-state index in [-0.39, 0.29) is 12.2 Å². The van der Waals surface area contributed by atoms with Gasteiger partial charge in [-0.05, 0) is 44.3 Å². The maximum atomic E-state index is 11.8. The van der Waals surface area contributed by atoms with Crippen molar-refractivity contribution < 1.29 is 14.3 Å². The van der Waals surface area contributed by atoms with Crippen molar-refractivity contribution in [3.8, 4) is 6.07 Å². The number of rotatable bonds is 4. The molecule has 5 heteroatoms. The van der Waals surface area contributed by atoms with E-state index in [1.807, 2.05) is 6.07 Å². The van der Waals surface area contributed by atoms with Crippen molar-refractivity contribution in [3.05, 3.63) is 22.9 Å². The van der Waals surface area contributed by atoms with Gasteiger partial charge in [-0.2, -0.15) is 5.26 Å². The summed E-state index contributed by atoms with van der Waals surface area (Å²) in [7, 11) is 0. The Hall–Kier alpha value is -1.80. The van der Waals surface area contributed by atoms with Crippen LogP contribution in [0.5, 0.6) is 0 Å². The molecule has 0 saturated carbocycles. The Balaban J connectivity index is 2.25. The first-order chi connectivity index (χ1) is 10.3. The highest BCUT2D eigenvalue weighted by molar-refractivity contribution is 5.93. The van der Waals surface area contributed by atoms with Crippen LogP contribution in [-0.2, 0) is 14.3 Å². The van der Waals surface area contributed by atoms with Crippen LogP contribution in [0.2, 0.25) is 0 Å². The van der Waals surface area contributed by atoms with Crippen LogP contribution in [0.25, 0.3) is 0 Å². The van der Waals surface area contributed by atoms with Crippen molar-refractivity contribution in [2.75, 3.05) is 32.9 Å². The lowest BCUT2D eigenvalue weighted by atomic mass is 9.93. The smallest absolute Gasteiger partial charge is 0.348 e. The summed E-state index contributed by atoms with van der Waals surface area (Å²) in [6.45, 7) is 5.27. The van der Waals surface area contributed by atoms with Gasteiger partial charge in [0.1, 0.15) is 11.6 Å². The van der Waals surface area contributed by atoms with E-state index < -0.39 is 5.97 Å². The van der Waals surface area contributed by atoms with Gasteiger partial charge in [0.15, 0.2) is 0 Å². The Kier molecular flexibility index (Phi) is 5.82. The van der Waals surface area contributed by atoms with E-state index in [0.29, 0.717) is 0 Å². The average molecular weight is 290 g/mol. The zero-order valence-electron chi connectivity index (χ0n) is 12.6. The molecule has 0 unspecified atom stereocenters. The second-order valence-corrected chi connectivity index (χ2v) is 5.17. The zero-order chi connectivity index (χ0) is 15.1. The lowest BCUT2D eigenvalue weighted by Crippen LogP contribution is -2.36. The molecule has 114 valence electrons. The molecule has 0 bridgehead atoms. The molecule has 0 aromatic rings. The molecule has 1 heterocycles. The van der Waals surface area contributed by atoms with E-state index in [1.165, 1.54) is 5.70 Å². The number of allylic oxidation sites excluding steroid dienone is 3. The number of ether oxygens (including phenoxy) is 2. The Morgan fingerprint density at radius 3 is 2.76 bits per heavy atom. The normalized spacial score (nSPS) is 20.2. The van der Waals surface area contributed by atoms with Crippen LogP contribution >= 0.6 is 0 Å². The number of esters is 1. The summed E-state index contributed by atoms with van der Waals surface area (Å²) in [6, 6.07) is 1.97. The molecule has 2 rings (SSSR count). The zero-order valence-corrected chi connectivity index (χ0v) is 12.6. The minimum atomic E-state index is -0.528. The van der Waals surface area contributed by atoms with E-state index in [1.54, 1.807) is 13.0 Å². The van der Waals surface area contributed by atoms with Crippen molar-refractivity contribution in [1.82, 2.24) is 4.90 Å². The van der Waals surface area contributed by atoms with Gasteiger partial charge >= 0.3 is 5.97 Å². The van der Waals surface area contributed by atoms with Crippen LogP contribution in [0.4, 0.5) is 0 Å². The lowest BCUT2D eigenvalue weighted by molar-refractivity contribution is -0.138. The third-order valence-corrected chi connectivity index (χ3v) is 3.81. The van der Waals surface area contributed by atoms with E-state index in [0.717, 1.165) is 57.6 Å². The summed E-state index contributed by atoms with van der Waals surface area (Å²) in [6.07, 6.45) is 5.90. The molecule has 0 aromatic carbocycles. The van der Waals surface area contributed by atoms with E-state index in [9.17, 15) is 10.1 Å². The Labute approximate surface area is 125 Å². The Morgan fingerprint density at radius 1 is 1.38 bits per heavy atom. The maximum absolute atomic E-state index is 11.8. The standard InChI is InChI=1S/C16H22N2O3/c1-2-21-16(19)14(12-17)11-13-5-3-4-6-15(13)18-7-9-20-10-8-18/h11H,2-10H2,1H3. The summed E-state index contributed by atoms with van der Waals surface area (Å²) in [5, 5.41) is 9.18. The fourth-order valence-electron chi connectivity index (χ4n) is 2.78. The predicted octanol–water partition coefficient (Wildman–Crippen LogP) is 2.16. The van der Waals surface area contributed by atoms with Gasteiger partial charge in [0.05, 0.1) is 19.8 Å². The summed E-state index contributed by atoms with van der Waals surface area (Å²) < 4.78 is 10.3. The molecule has 0 N–H and O–H groups in total. The summed E-state index contributed by atoms with van der Waals surface area (Å²) in [4.78, 5) is 14.1. The molecule has 0 atom stereocenters. The summed E-state index contributed by atoms with van der Waals surface area (Å²) >= 11 is 0. The first-order valence-corrected chi connectivity index (χ1v) is 7.60. The lowest BCUT2D eigenvalue weighted by Gasteiger charge is -2.34. The van der Waals surface area contributed by atoms with Gasteiger partial charge in [0.2, 0.25) is 0 Å².